The SMILES string of the molecule is CC1C=C(CCC2OC2(C)C)CC1. The molecular weight excluding hydrogens is 160 g/mol. The highest BCUT2D eigenvalue weighted by Gasteiger charge is 2.46. The van der Waals surface area contributed by atoms with Crippen molar-refractivity contribution in [2.45, 2.75) is 58.2 Å². The van der Waals surface area contributed by atoms with Crippen LogP contribution in [0.1, 0.15) is 46.5 Å². The largest absolute Gasteiger partial charge is 0.367 e. The standard InChI is InChI=1S/C12H20O/c1-9-4-5-10(8-9)6-7-11-12(2,3)13-11/h8-9,11H,4-7H2,1-3H3. The Morgan fingerprint density at radius 1 is 1.54 bits per heavy atom. The van der Waals surface area contributed by atoms with E-state index >= 15 is 0 Å². The zero-order valence-electron chi connectivity index (χ0n) is 8.97. The van der Waals surface area contributed by atoms with Gasteiger partial charge in [-0.1, -0.05) is 18.6 Å². The third kappa shape index (κ3) is 2.14. The number of hydrogen-bond donors (Lipinski definition) is 0. The number of ether oxygens (including phenoxy) is 1. The van der Waals surface area contributed by atoms with Gasteiger partial charge in [-0.3, -0.25) is 0 Å². The predicted octanol–water partition coefficient (Wildman–Crippen LogP) is 3.30. The molecule has 0 saturated carbocycles. The van der Waals surface area contributed by atoms with Crippen LogP contribution in [-0.2, 0) is 4.74 Å². The van der Waals surface area contributed by atoms with Gasteiger partial charge in [-0.2, -0.15) is 0 Å². The molecule has 1 saturated heterocycles. The van der Waals surface area contributed by atoms with Crippen molar-refractivity contribution in [2.24, 2.45) is 5.92 Å². The van der Waals surface area contributed by atoms with Crippen molar-refractivity contribution in [2.75, 3.05) is 0 Å². The second kappa shape index (κ2) is 3.13. The van der Waals surface area contributed by atoms with Crippen LogP contribution >= 0.6 is 0 Å². The van der Waals surface area contributed by atoms with E-state index in [0.29, 0.717) is 6.10 Å². The zero-order chi connectivity index (χ0) is 9.47. The fourth-order valence-corrected chi connectivity index (χ4v) is 2.25. The fraction of sp³-hybridized carbons (Fsp3) is 0.833. The summed E-state index contributed by atoms with van der Waals surface area (Å²) in [5.74, 6) is 0.822. The second-order valence-corrected chi connectivity index (χ2v) is 5.09. The predicted molar refractivity (Wildman–Crippen MR) is 54.7 cm³/mol. The topological polar surface area (TPSA) is 12.5 Å². The molecular formula is C12H20O. The molecule has 0 bridgehead atoms. The maximum atomic E-state index is 5.56. The first-order valence-electron chi connectivity index (χ1n) is 5.45. The summed E-state index contributed by atoms with van der Waals surface area (Å²) >= 11 is 0. The third-order valence-electron chi connectivity index (χ3n) is 3.33. The summed E-state index contributed by atoms with van der Waals surface area (Å²) in [5, 5.41) is 0. The molecule has 1 fully saturated rings. The summed E-state index contributed by atoms with van der Waals surface area (Å²) < 4.78 is 5.56. The summed E-state index contributed by atoms with van der Waals surface area (Å²) in [6.07, 6.45) is 8.17. The Hall–Kier alpha value is -0.300. The Labute approximate surface area is 81.2 Å². The Bertz CT molecular complexity index is 227. The average molecular weight is 180 g/mol. The van der Waals surface area contributed by atoms with Gasteiger partial charge < -0.3 is 4.74 Å². The van der Waals surface area contributed by atoms with E-state index in [1.807, 2.05) is 0 Å². The van der Waals surface area contributed by atoms with Crippen LogP contribution in [0.25, 0.3) is 0 Å². The Balaban J connectivity index is 1.72. The van der Waals surface area contributed by atoms with Gasteiger partial charge in [0.2, 0.25) is 0 Å². The highest BCUT2D eigenvalue weighted by molar-refractivity contribution is 5.11. The molecule has 2 atom stereocenters. The third-order valence-corrected chi connectivity index (χ3v) is 3.33. The van der Waals surface area contributed by atoms with Gasteiger partial charge in [0.15, 0.2) is 0 Å². The molecule has 74 valence electrons. The van der Waals surface area contributed by atoms with E-state index in [4.69, 9.17) is 4.74 Å². The second-order valence-electron chi connectivity index (χ2n) is 5.09. The van der Waals surface area contributed by atoms with Crippen molar-refractivity contribution in [3.05, 3.63) is 11.6 Å². The smallest absolute Gasteiger partial charge is 0.0892 e. The van der Waals surface area contributed by atoms with E-state index in [1.165, 1.54) is 25.7 Å². The van der Waals surface area contributed by atoms with E-state index in [1.54, 1.807) is 5.57 Å². The van der Waals surface area contributed by atoms with Crippen LogP contribution in [0.3, 0.4) is 0 Å². The first-order chi connectivity index (χ1) is 6.08. The van der Waals surface area contributed by atoms with Crippen LogP contribution in [0.4, 0.5) is 0 Å². The zero-order valence-corrected chi connectivity index (χ0v) is 8.97. The minimum atomic E-state index is 0.185. The summed E-state index contributed by atoms with van der Waals surface area (Å²) in [5.41, 5.74) is 1.85. The lowest BCUT2D eigenvalue weighted by Crippen LogP contribution is -2.02. The normalized spacial score (nSPS) is 36.1. The van der Waals surface area contributed by atoms with Gasteiger partial charge in [-0.05, 0) is 45.4 Å². The van der Waals surface area contributed by atoms with Crippen molar-refractivity contribution in [1.82, 2.24) is 0 Å². The van der Waals surface area contributed by atoms with E-state index in [0.717, 1.165) is 5.92 Å². The molecule has 2 aliphatic rings. The van der Waals surface area contributed by atoms with Crippen LogP contribution in [-0.4, -0.2) is 11.7 Å². The van der Waals surface area contributed by atoms with Gasteiger partial charge >= 0.3 is 0 Å². The molecule has 1 aliphatic heterocycles. The molecule has 2 rings (SSSR count). The molecule has 0 aromatic rings. The molecule has 1 nitrogen and oxygen atoms in total. The molecule has 1 heteroatoms. The number of rotatable bonds is 3. The van der Waals surface area contributed by atoms with Crippen molar-refractivity contribution in [1.29, 1.82) is 0 Å². The Morgan fingerprint density at radius 2 is 2.23 bits per heavy atom. The fourth-order valence-electron chi connectivity index (χ4n) is 2.25. The van der Waals surface area contributed by atoms with Crippen LogP contribution in [0.2, 0.25) is 0 Å². The van der Waals surface area contributed by atoms with E-state index in [2.05, 4.69) is 26.8 Å². The highest BCUT2D eigenvalue weighted by Crippen LogP contribution is 2.40. The minimum absolute atomic E-state index is 0.185. The average Bonchev–Trinajstić information content (AvgIpc) is 2.45. The maximum absolute atomic E-state index is 5.56. The molecule has 1 aliphatic carbocycles. The number of hydrogen-bond acceptors (Lipinski definition) is 1. The highest BCUT2D eigenvalue weighted by atomic mass is 16.6. The van der Waals surface area contributed by atoms with Crippen molar-refractivity contribution >= 4 is 0 Å². The van der Waals surface area contributed by atoms with Crippen LogP contribution in [0.15, 0.2) is 11.6 Å². The van der Waals surface area contributed by atoms with E-state index in [-0.39, 0.29) is 5.60 Å². The summed E-state index contributed by atoms with van der Waals surface area (Å²) in [6, 6.07) is 0. The monoisotopic (exact) mass is 180 g/mol. The summed E-state index contributed by atoms with van der Waals surface area (Å²) in [7, 11) is 0. The molecule has 0 aromatic carbocycles. The van der Waals surface area contributed by atoms with Gasteiger partial charge in [0, 0.05) is 0 Å². The van der Waals surface area contributed by atoms with Crippen molar-refractivity contribution in [3.8, 4) is 0 Å². The Kier molecular flexibility index (Phi) is 2.23. The minimum Gasteiger partial charge on any atom is -0.367 e. The lowest BCUT2D eigenvalue weighted by atomic mass is 10.0. The van der Waals surface area contributed by atoms with Crippen LogP contribution in [0, 0.1) is 5.92 Å². The molecule has 0 aromatic heterocycles. The molecule has 0 N–H and O–H groups in total. The van der Waals surface area contributed by atoms with Crippen LogP contribution in [0.5, 0.6) is 0 Å². The Morgan fingerprint density at radius 3 is 2.69 bits per heavy atom. The first-order valence-corrected chi connectivity index (χ1v) is 5.45. The first kappa shape index (κ1) is 9.26. The lowest BCUT2D eigenvalue weighted by molar-refractivity contribution is 0.320. The molecule has 2 unspecified atom stereocenters. The van der Waals surface area contributed by atoms with Crippen molar-refractivity contribution < 1.29 is 4.74 Å². The van der Waals surface area contributed by atoms with Gasteiger partial charge in [0.1, 0.15) is 0 Å². The molecule has 0 radical (unpaired) electrons. The van der Waals surface area contributed by atoms with Gasteiger partial charge in [-0.15, -0.1) is 0 Å². The van der Waals surface area contributed by atoms with Gasteiger partial charge in [-0.25, -0.2) is 0 Å². The molecule has 0 spiro atoms. The lowest BCUT2D eigenvalue weighted by Gasteiger charge is -1.99. The molecule has 1 heterocycles. The van der Waals surface area contributed by atoms with Gasteiger partial charge in [0.25, 0.3) is 0 Å². The molecule has 13 heavy (non-hydrogen) atoms. The van der Waals surface area contributed by atoms with Gasteiger partial charge in [0.05, 0.1) is 11.7 Å². The summed E-state index contributed by atoms with van der Waals surface area (Å²) in [6.45, 7) is 6.68. The van der Waals surface area contributed by atoms with Crippen molar-refractivity contribution in [3.63, 3.8) is 0 Å². The van der Waals surface area contributed by atoms with E-state index in [9.17, 15) is 0 Å². The number of allylic oxidation sites excluding steroid dienone is 2. The quantitative estimate of drug-likeness (QED) is 0.479. The maximum Gasteiger partial charge on any atom is 0.0892 e. The van der Waals surface area contributed by atoms with Crippen LogP contribution < -0.4 is 0 Å². The van der Waals surface area contributed by atoms with E-state index < -0.39 is 0 Å². The number of epoxide rings is 1. The molecule has 0 amide bonds. The summed E-state index contributed by atoms with van der Waals surface area (Å²) in [4.78, 5) is 0.